The number of hydrogen-bond acceptors (Lipinski definition) is 4. The van der Waals surface area contributed by atoms with Crippen molar-refractivity contribution in [3.8, 4) is 0 Å². The summed E-state index contributed by atoms with van der Waals surface area (Å²) >= 11 is 0. The molecule has 0 amide bonds. The van der Waals surface area contributed by atoms with E-state index in [1.165, 1.54) is 19.3 Å². The topological polar surface area (TPSA) is 52.6 Å². The number of hydrogen-bond donors (Lipinski definition) is 0. The van der Waals surface area contributed by atoms with Crippen molar-refractivity contribution < 1.29 is 19.1 Å². The van der Waals surface area contributed by atoms with Crippen molar-refractivity contribution in [2.24, 2.45) is 23.2 Å². The molecule has 4 rings (SSSR count). The Labute approximate surface area is 126 Å². The van der Waals surface area contributed by atoms with Gasteiger partial charge in [0, 0.05) is 0 Å². The second-order valence-corrected chi connectivity index (χ2v) is 7.41. The van der Waals surface area contributed by atoms with Crippen molar-refractivity contribution in [1.82, 2.24) is 0 Å². The largest absolute Gasteiger partial charge is 0.463 e. The molecule has 4 aliphatic rings. The molecular weight excluding hydrogens is 268 g/mol. The lowest BCUT2D eigenvalue weighted by Gasteiger charge is -2.55. The molecule has 4 aliphatic carbocycles. The molecule has 0 aromatic carbocycles. The van der Waals surface area contributed by atoms with Crippen molar-refractivity contribution in [1.29, 1.82) is 0 Å². The maximum absolute atomic E-state index is 12.7. The Morgan fingerprint density at radius 2 is 1.62 bits per heavy atom. The van der Waals surface area contributed by atoms with Gasteiger partial charge in [-0.05, 0) is 69.6 Å². The fourth-order valence-corrected chi connectivity index (χ4v) is 5.01. The molecule has 4 heteroatoms. The highest BCUT2D eigenvalue weighted by molar-refractivity contribution is 5.82. The SMILES string of the molecule is CCCOC(=O)C(C)OC(=O)C12CC3CC(CC(C3)C1)C2. The summed E-state index contributed by atoms with van der Waals surface area (Å²) in [6.45, 7) is 3.95. The van der Waals surface area contributed by atoms with E-state index in [4.69, 9.17) is 9.47 Å². The molecule has 0 spiro atoms. The van der Waals surface area contributed by atoms with E-state index in [1.807, 2.05) is 6.92 Å². The normalized spacial score (nSPS) is 38.1. The average molecular weight is 294 g/mol. The van der Waals surface area contributed by atoms with Crippen molar-refractivity contribution in [3.05, 3.63) is 0 Å². The number of esters is 2. The van der Waals surface area contributed by atoms with Gasteiger partial charge in [0.2, 0.25) is 0 Å². The fraction of sp³-hybridized carbons (Fsp3) is 0.882. The molecule has 4 saturated carbocycles. The van der Waals surface area contributed by atoms with Crippen LogP contribution in [0.15, 0.2) is 0 Å². The molecule has 0 heterocycles. The van der Waals surface area contributed by atoms with Gasteiger partial charge >= 0.3 is 11.9 Å². The first-order valence-electron chi connectivity index (χ1n) is 8.40. The van der Waals surface area contributed by atoms with Crippen LogP contribution in [0, 0.1) is 23.2 Å². The third-order valence-electron chi connectivity index (χ3n) is 5.54. The fourth-order valence-electron chi connectivity index (χ4n) is 5.01. The number of ether oxygens (including phenoxy) is 2. The number of rotatable bonds is 5. The zero-order valence-electron chi connectivity index (χ0n) is 13.1. The molecule has 0 aromatic rings. The summed E-state index contributed by atoms with van der Waals surface area (Å²) in [6.07, 6.45) is 6.78. The second-order valence-electron chi connectivity index (χ2n) is 7.41. The van der Waals surface area contributed by atoms with Gasteiger partial charge in [-0.15, -0.1) is 0 Å². The molecule has 0 aliphatic heterocycles. The number of carbonyl (C=O) groups excluding carboxylic acids is 2. The lowest BCUT2D eigenvalue weighted by molar-refractivity contribution is -0.183. The molecule has 0 N–H and O–H groups in total. The summed E-state index contributed by atoms with van der Waals surface area (Å²) in [5, 5.41) is 0. The predicted octanol–water partition coefficient (Wildman–Crippen LogP) is 3.09. The van der Waals surface area contributed by atoms with Gasteiger partial charge in [0.05, 0.1) is 12.0 Å². The Balaban J connectivity index is 1.61. The minimum atomic E-state index is -0.781. The molecule has 4 fully saturated rings. The van der Waals surface area contributed by atoms with Crippen LogP contribution >= 0.6 is 0 Å². The summed E-state index contributed by atoms with van der Waals surface area (Å²) in [4.78, 5) is 24.4. The van der Waals surface area contributed by atoms with Crippen molar-refractivity contribution >= 4 is 11.9 Å². The molecule has 4 nitrogen and oxygen atoms in total. The van der Waals surface area contributed by atoms with Gasteiger partial charge in [0.25, 0.3) is 0 Å². The third-order valence-corrected chi connectivity index (χ3v) is 5.54. The van der Waals surface area contributed by atoms with Gasteiger partial charge < -0.3 is 9.47 Å². The van der Waals surface area contributed by atoms with E-state index in [0.717, 1.165) is 25.7 Å². The van der Waals surface area contributed by atoms with Crippen LogP contribution in [0.2, 0.25) is 0 Å². The van der Waals surface area contributed by atoms with E-state index in [2.05, 4.69) is 0 Å². The summed E-state index contributed by atoms with van der Waals surface area (Å²) < 4.78 is 10.5. The van der Waals surface area contributed by atoms with Gasteiger partial charge in [0.1, 0.15) is 0 Å². The van der Waals surface area contributed by atoms with Gasteiger partial charge in [0.15, 0.2) is 6.10 Å². The Kier molecular flexibility index (Phi) is 3.98. The van der Waals surface area contributed by atoms with Crippen LogP contribution < -0.4 is 0 Å². The first-order valence-corrected chi connectivity index (χ1v) is 8.40. The summed E-state index contributed by atoms with van der Waals surface area (Å²) in [5.41, 5.74) is -0.298. The standard InChI is InChI=1S/C17H26O4/c1-3-4-20-15(18)11(2)21-16(19)17-8-12-5-13(9-17)7-14(6-12)10-17/h11-14H,3-10H2,1-2H3. The molecule has 4 bridgehead atoms. The Morgan fingerprint density at radius 3 is 2.10 bits per heavy atom. The van der Waals surface area contributed by atoms with E-state index < -0.39 is 12.1 Å². The van der Waals surface area contributed by atoms with E-state index in [1.54, 1.807) is 6.92 Å². The van der Waals surface area contributed by atoms with E-state index in [9.17, 15) is 9.59 Å². The van der Waals surface area contributed by atoms with Crippen LogP contribution in [-0.4, -0.2) is 24.6 Å². The molecule has 1 atom stereocenters. The first-order chi connectivity index (χ1) is 10.0. The molecule has 0 aromatic heterocycles. The lowest BCUT2D eigenvalue weighted by atomic mass is 9.49. The summed E-state index contributed by atoms with van der Waals surface area (Å²) in [7, 11) is 0. The maximum atomic E-state index is 12.7. The molecule has 21 heavy (non-hydrogen) atoms. The van der Waals surface area contributed by atoms with Gasteiger partial charge in [-0.1, -0.05) is 6.92 Å². The predicted molar refractivity (Wildman–Crippen MR) is 77.4 cm³/mol. The Bertz CT molecular complexity index is 393. The zero-order valence-corrected chi connectivity index (χ0v) is 13.1. The van der Waals surface area contributed by atoms with Crippen molar-refractivity contribution in [2.75, 3.05) is 6.61 Å². The number of carbonyl (C=O) groups is 2. The van der Waals surface area contributed by atoms with Gasteiger partial charge in [-0.3, -0.25) is 4.79 Å². The summed E-state index contributed by atoms with van der Waals surface area (Å²) in [5.74, 6) is 1.53. The van der Waals surface area contributed by atoms with Crippen LogP contribution in [0.3, 0.4) is 0 Å². The van der Waals surface area contributed by atoms with Gasteiger partial charge in [-0.2, -0.15) is 0 Å². The van der Waals surface area contributed by atoms with Gasteiger partial charge in [-0.25, -0.2) is 4.79 Å². The minimum Gasteiger partial charge on any atom is -0.463 e. The second kappa shape index (κ2) is 5.62. The molecule has 0 saturated heterocycles. The molecule has 118 valence electrons. The maximum Gasteiger partial charge on any atom is 0.347 e. The van der Waals surface area contributed by atoms with Crippen molar-refractivity contribution in [3.63, 3.8) is 0 Å². The molecular formula is C17H26O4. The average Bonchev–Trinajstić information content (AvgIpc) is 2.43. The Morgan fingerprint density at radius 1 is 1.10 bits per heavy atom. The lowest BCUT2D eigenvalue weighted by Crippen LogP contribution is -2.51. The van der Waals surface area contributed by atoms with Crippen LogP contribution in [-0.2, 0) is 19.1 Å². The highest BCUT2D eigenvalue weighted by atomic mass is 16.6. The molecule has 1 unspecified atom stereocenters. The van der Waals surface area contributed by atoms with E-state index in [-0.39, 0.29) is 11.4 Å². The first kappa shape index (κ1) is 14.9. The smallest absolute Gasteiger partial charge is 0.347 e. The van der Waals surface area contributed by atoms with Crippen LogP contribution in [0.4, 0.5) is 0 Å². The van der Waals surface area contributed by atoms with Crippen molar-refractivity contribution in [2.45, 2.75) is 64.9 Å². The zero-order chi connectivity index (χ0) is 15.0. The summed E-state index contributed by atoms with van der Waals surface area (Å²) in [6, 6.07) is 0. The molecule has 0 radical (unpaired) electrons. The highest BCUT2D eigenvalue weighted by Crippen LogP contribution is 2.60. The monoisotopic (exact) mass is 294 g/mol. The van der Waals surface area contributed by atoms with E-state index >= 15 is 0 Å². The highest BCUT2D eigenvalue weighted by Gasteiger charge is 2.55. The van der Waals surface area contributed by atoms with Crippen LogP contribution in [0.25, 0.3) is 0 Å². The third kappa shape index (κ3) is 2.82. The quantitative estimate of drug-likeness (QED) is 0.731. The van der Waals surface area contributed by atoms with E-state index in [0.29, 0.717) is 24.4 Å². The van der Waals surface area contributed by atoms with Crippen LogP contribution in [0.1, 0.15) is 58.8 Å². The Hall–Kier alpha value is -1.06. The minimum absolute atomic E-state index is 0.150. The van der Waals surface area contributed by atoms with Crippen LogP contribution in [0.5, 0.6) is 0 Å².